The van der Waals surface area contributed by atoms with E-state index < -0.39 is 0 Å². The fourth-order valence-electron chi connectivity index (χ4n) is 1.60. The molecule has 0 radical (unpaired) electrons. The van der Waals surface area contributed by atoms with Gasteiger partial charge < -0.3 is 19.7 Å². The third kappa shape index (κ3) is 9.53. The first kappa shape index (κ1) is 14.9. The van der Waals surface area contributed by atoms with Gasteiger partial charge in [-0.3, -0.25) is 0 Å². The zero-order valence-electron chi connectivity index (χ0n) is 11.4. The average Bonchev–Trinajstić information content (AvgIpc) is 3.13. The molecule has 4 heteroatoms. The van der Waals surface area contributed by atoms with Crippen LogP contribution in [0.5, 0.6) is 0 Å². The van der Waals surface area contributed by atoms with Crippen LogP contribution in [0.3, 0.4) is 0 Å². The van der Waals surface area contributed by atoms with Gasteiger partial charge in [-0.15, -0.1) is 0 Å². The van der Waals surface area contributed by atoms with Crippen LogP contribution in [0.25, 0.3) is 0 Å². The van der Waals surface area contributed by atoms with Gasteiger partial charge in [0.25, 0.3) is 0 Å². The van der Waals surface area contributed by atoms with Crippen LogP contribution < -0.4 is 5.32 Å². The van der Waals surface area contributed by atoms with E-state index in [-0.39, 0.29) is 0 Å². The molecule has 0 bridgehead atoms. The van der Waals surface area contributed by atoms with Gasteiger partial charge >= 0.3 is 0 Å². The molecule has 17 heavy (non-hydrogen) atoms. The van der Waals surface area contributed by atoms with Crippen molar-refractivity contribution in [1.29, 1.82) is 0 Å². The van der Waals surface area contributed by atoms with Gasteiger partial charge in [0.15, 0.2) is 0 Å². The molecule has 1 saturated carbocycles. The number of ether oxygens (including phenoxy) is 2. The molecule has 0 atom stereocenters. The molecule has 1 fully saturated rings. The van der Waals surface area contributed by atoms with Crippen molar-refractivity contribution in [3.05, 3.63) is 0 Å². The minimum atomic E-state index is 0.845. The van der Waals surface area contributed by atoms with Crippen LogP contribution >= 0.6 is 0 Å². The Kier molecular flexibility index (Phi) is 8.61. The van der Waals surface area contributed by atoms with Gasteiger partial charge in [0.1, 0.15) is 0 Å². The van der Waals surface area contributed by atoms with Gasteiger partial charge in [-0.2, -0.15) is 0 Å². The van der Waals surface area contributed by atoms with Gasteiger partial charge in [0, 0.05) is 40.0 Å². The summed E-state index contributed by atoms with van der Waals surface area (Å²) in [5, 5.41) is 3.41. The van der Waals surface area contributed by atoms with E-state index in [9.17, 15) is 0 Å². The van der Waals surface area contributed by atoms with E-state index in [1.807, 2.05) is 0 Å². The summed E-state index contributed by atoms with van der Waals surface area (Å²) >= 11 is 0. The van der Waals surface area contributed by atoms with Crippen LogP contribution in [-0.2, 0) is 9.47 Å². The van der Waals surface area contributed by atoms with Crippen LogP contribution in [0.1, 0.15) is 19.3 Å². The molecule has 102 valence electrons. The van der Waals surface area contributed by atoms with Crippen LogP contribution in [0.2, 0.25) is 0 Å². The number of hydrogen-bond acceptors (Lipinski definition) is 4. The van der Waals surface area contributed by atoms with Crippen molar-refractivity contribution in [2.45, 2.75) is 19.3 Å². The molecule has 0 heterocycles. The molecular weight excluding hydrogens is 216 g/mol. The second-order valence-corrected chi connectivity index (χ2v) is 4.92. The molecular formula is C13H28N2O2. The number of nitrogens with one attached hydrogen (secondary N) is 1. The van der Waals surface area contributed by atoms with Gasteiger partial charge in [-0.25, -0.2) is 0 Å². The fraction of sp³-hybridized carbons (Fsp3) is 1.00. The predicted octanol–water partition coefficient (Wildman–Crippen LogP) is 0.971. The summed E-state index contributed by atoms with van der Waals surface area (Å²) < 4.78 is 10.6. The van der Waals surface area contributed by atoms with Gasteiger partial charge in [-0.05, 0) is 38.8 Å². The second-order valence-electron chi connectivity index (χ2n) is 4.92. The van der Waals surface area contributed by atoms with Crippen molar-refractivity contribution in [3.63, 3.8) is 0 Å². The van der Waals surface area contributed by atoms with Crippen LogP contribution in [-0.4, -0.2) is 65.1 Å². The van der Waals surface area contributed by atoms with Crippen molar-refractivity contribution >= 4 is 0 Å². The van der Waals surface area contributed by atoms with Crippen molar-refractivity contribution in [1.82, 2.24) is 10.2 Å². The van der Waals surface area contributed by atoms with Crippen molar-refractivity contribution in [2.24, 2.45) is 5.92 Å². The molecule has 0 aromatic heterocycles. The highest BCUT2D eigenvalue weighted by atomic mass is 16.5. The molecule has 0 saturated heterocycles. The summed E-state index contributed by atoms with van der Waals surface area (Å²) in [6.07, 6.45) is 3.84. The first-order chi connectivity index (χ1) is 8.33. The topological polar surface area (TPSA) is 33.7 Å². The average molecular weight is 244 g/mol. The van der Waals surface area contributed by atoms with E-state index >= 15 is 0 Å². The van der Waals surface area contributed by atoms with Gasteiger partial charge in [0.05, 0.1) is 6.61 Å². The summed E-state index contributed by atoms with van der Waals surface area (Å²) in [4.78, 5) is 2.32. The minimum Gasteiger partial charge on any atom is -0.385 e. The Morgan fingerprint density at radius 1 is 1.18 bits per heavy atom. The van der Waals surface area contributed by atoms with Crippen LogP contribution in [0, 0.1) is 5.92 Å². The predicted molar refractivity (Wildman–Crippen MR) is 70.4 cm³/mol. The Morgan fingerprint density at radius 2 is 2.00 bits per heavy atom. The smallest absolute Gasteiger partial charge is 0.0593 e. The number of hydrogen-bond donors (Lipinski definition) is 1. The fourth-order valence-corrected chi connectivity index (χ4v) is 1.60. The zero-order chi connectivity index (χ0) is 12.3. The molecule has 1 rings (SSSR count). The van der Waals surface area contributed by atoms with E-state index in [0.29, 0.717) is 0 Å². The normalized spacial score (nSPS) is 15.7. The van der Waals surface area contributed by atoms with Crippen molar-refractivity contribution in [3.8, 4) is 0 Å². The highest BCUT2D eigenvalue weighted by Crippen LogP contribution is 2.28. The minimum absolute atomic E-state index is 0.845. The van der Waals surface area contributed by atoms with Crippen LogP contribution in [0.4, 0.5) is 0 Å². The number of rotatable bonds is 12. The van der Waals surface area contributed by atoms with Crippen molar-refractivity contribution < 1.29 is 9.47 Å². The summed E-state index contributed by atoms with van der Waals surface area (Å²) in [6.45, 7) is 6.90. The maximum absolute atomic E-state index is 5.61. The first-order valence-electron chi connectivity index (χ1n) is 6.79. The summed E-state index contributed by atoms with van der Waals surface area (Å²) in [6, 6.07) is 0. The molecule has 0 spiro atoms. The Morgan fingerprint density at radius 3 is 2.71 bits per heavy atom. The van der Waals surface area contributed by atoms with Crippen molar-refractivity contribution in [2.75, 3.05) is 60.2 Å². The number of nitrogens with zero attached hydrogens (tertiary/aromatic N) is 1. The van der Waals surface area contributed by atoms with E-state index in [0.717, 1.165) is 58.3 Å². The molecule has 1 N–H and O–H groups in total. The molecule has 1 aliphatic carbocycles. The first-order valence-corrected chi connectivity index (χ1v) is 6.79. The Hall–Kier alpha value is -0.160. The van der Waals surface area contributed by atoms with Crippen LogP contribution in [0.15, 0.2) is 0 Å². The molecule has 0 unspecified atom stereocenters. The maximum Gasteiger partial charge on any atom is 0.0593 e. The second kappa shape index (κ2) is 9.83. The summed E-state index contributed by atoms with van der Waals surface area (Å²) in [5.41, 5.74) is 0. The monoisotopic (exact) mass is 244 g/mol. The van der Waals surface area contributed by atoms with Gasteiger partial charge in [0.2, 0.25) is 0 Å². The number of likely N-dealkylation sites (N-methyl/N-ethyl adjacent to an activating group) is 1. The molecule has 1 aliphatic rings. The van der Waals surface area contributed by atoms with E-state index in [1.54, 1.807) is 7.11 Å². The molecule has 0 aromatic carbocycles. The molecule has 4 nitrogen and oxygen atoms in total. The standard InChI is InChI=1S/C13H28N2O2/c1-15(8-7-14-6-3-10-16-2)9-11-17-12-13-4-5-13/h13-14H,3-12H2,1-2H3. The summed E-state index contributed by atoms with van der Waals surface area (Å²) in [7, 11) is 3.90. The third-order valence-electron chi connectivity index (χ3n) is 3.04. The Bertz CT molecular complexity index is 175. The SMILES string of the molecule is COCCCNCCN(C)CCOCC1CC1. The van der Waals surface area contributed by atoms with E-state index in [2.05, 4.69) is 17.3 Å². The highest BCUT2D eigenvalue weighted by molar-refractivity contribution is 4.72. The molecule has 0 aromatic rings. The Labute approximate surface area is 106 Å². The lowest BCUT2D eigenvalue weighted by Crippen LogP contribution is -2.32. The lowest BCUT2D eigenvalue weighted by Gasteiger charge is -2.16. The lowest BCUT2D eigenvalue weighted by atomic mass is 10.4. The molecule has 0 amide bonds. The number of methoxy groups -OCH3 is 1. The van der Waals surface area contributed by atoms with E-state index in [1.165, 1.54) is 12.8 Å². The Balaban J connectivity index is 1.75. The maximum atomic E-state index is 5.61. The molecule has 0 aliphatic heterocycles. The lowest BCUT2D eigenvalue weighted by molar-refractivity contribution is 0.103. The third-order valence-corrected chi connectivity index (χ3v) is 3.04. The highest BCUT2D eigenvalue weighted by Gasteiger charge is 2.20. The largest absolute Gasteiger partial charge is 0.385 e. The van der Waals surface area contributed by atoms with Gasteiger partial charge in [-0.1, -0.05) is 0 Å². The summed E-state index contributed by atoms with van der Waals surface area (Å²) in [5.74, 6) is 0.878. The zero-order valence-corrected chi connectivity index (χ0v) is 11.4. The van der Waals surface area contributed by atoms with E-state index in [4.69, 9.17) is 9.47 Å². The quantitative estimate of drug-likeness (QED) is 0.519.